The van der Waals surface area contributed by atoms with Crippen molar-refractivity contribution in [2.45, 2.75) is 13.5 Å². The molecular weight excluding hydrogens is 198 g/mol. The van der Waals surface area contributed by atoms with Crippen molar-refractivity contribution in [2.24, 2.45) is 0 Å². The minimum absolute atomic E-state index is 0.0225. The van der Waals surface area contributed by atoms with Crippen LogP contribution in [0.5, 0.6) is 0 Å². The molecule has 0 aliphatic heterocycles. The van der Waals surface area contributed by atoms with E-state index < -0.39 is 4.92 Å². The van der Waals surface area contributed by atoms with Crippen LogP contribution in [-0.4, -0.2) is 23.1 Å². The minimum Gasteiger partial charge on any atom is -0.318 e. The third-order valence-corrected chi connectivity index (χ3v) is 2.10. The summed E-state index contributed by atoms with van der Waals surface area (Å²) in [4.78, 5) is 21.6. The van der Waals surface area contributed by atoms with Crippen molar-refractivity contribution < 1.29 is 4.92 Å². The molecule has 6 heteroatoms. The highest BCUT2D eigenvalue weighted by Crippen LogP contribution is 2.13. The molecule has 1 heterocycles. The Morgan fingerprint density at radius 3 is 2.80 bits per heavy atom. The normalized spacial score (nSPS) is 10.3. The van der Waals surface area contributed by atoms with E-state index in [4.69, 9.17) is 0 Å². The molecule has 1 N–H and O–H groups in total. The molecule has 0 aliphatic carbocycles. The highest BCUT2D eigenvalue weighted by molar-refractivity contribution is 5.35. The van der Waals surface area contributed by atoms with E-state index in [2.05, 4.69) is 5.32 Å². The zero-order chi connectivity index (χ0) is 11.4. The maximum atomic E-state index is 11.4. The van der Waals surface area contributed by atoms with Gasteiger partial charge in [-0.3, -0.25) is 14.9 Å². The lowest BCUT2D eigenvalue weighted by molar-refractivity contribution is -0.385. The Balaban J connectivity index is 3.12. The molecule has 0 saturated heterocycles. The summed E-state index contributed by atoms with van der Waals surface area (Å²) in [6.45, 7) is 2.58. The summed E-state index contributed by atoms with van der Waals surface area (Å²) in [6, 6.07) is 1.29. The molecule has 0 radical (unpaired) electrons. The maximum Gasteiger partial charge on any atom is 0.288 e. The quantitative estimate of drug-likeness (QED) is 0.573. The first kappa shape index (κ1) is 11.4. The summed E-state index contributed by atoms with van der Waals surface area (Å²) >= 11 is 0. The summed E-state index contributed by atoms with van der Waals surface area (Å²) in [7, 11) is 1.76. The standard InChI is InChI=1S/C9H13N3O3/c1-7-5-9(13)11(4-3-10-2)6-8(7)12(14)15/h5-6,10H,3-4H2,1-2H3. The Hall–Kier alpha value is -1.69. The predicted molar refractivity (Wildman–Crippen MR) is 56.0 cm³/mol. The van der Waals surface area contributed by atoms with E-state index in [1.54, 1.807) is 14.0 Å². The number of nitro groups is 1. The summed E-state index contributed by atoms with van der Waals surface area (Å²) in [5, 5.41) is 13.5. The summed E-state index contributed by atoms with van der Waals surface area (Å²) in [5.74, 6) is 0. The third-order valence-electron chi connectivity index (χ3n) is 2.10. The Morgan fingerprint density at radius 2 is 2.27 bits per heavy atom. The van der Waals surface area contributed by atoms with Crippen LogP contribution in [0.15, 0.2) is 17.1 Å². The number of pyridine rings is 1. The maximum absolute atomic E-state index is 11.4. The number of nitrogens with zero attached hydrogens (tertiary/aromatic N) is 2. The second kappa shape index (κ2) is 4.70. The lowest BCUT2D eigenvalue weighted by atomic mass is 10.2. The number of hydrogen-bond donors (Lipinski definition) is 1. The first-order chi connectivity index (χ1) is 7.06. The SMILES string of the molecule is CNCCn1cc([N+](=O)[O-])c(C)cc1=O. The molecule has 6 nitrogen and oxygen atoms in total. The molecule has 0 unspecified atom stereocenters. The fourth-order valence-corrected chi connectivity index (χ4v) is 1.25. The molecule has 0 bridgehead atoms. The Morgan fingerprint density at radius 1 is 1.60 bits per heavy atom. The van der Waals surface area contributed by atoms with E-state index in [9.17, 15) is 14.9 Å². The molecule has 82 valence electrons. The van der Waals surface area contributed by atoms with Gasteiger partial charge in [0.2, 0.25) is 0 Å². The molecular formula is C9H13N3O3. The zero-order valence-electron chi connectivity index (χ0n) is 8.69. The van der Waals surface area contributed by atoms with E-state index >= 15 is 0 Å². The van der Waals surface area contributed by atoms with Gasteiger partial charge in [0.15, 0.2) is 0 Å². The van der Waals surface area contributed by atoms with Gasteiger partial charge >= 0.3 is 0 Å². The lowest BCUT2D eigenvalue weighted by Gasteiger charge is -2.05. The zero-order valence-corrected chi connectivity index (χ0v) is 8.69. The molecule has 0 aliphatic rings. The first-order valence-corrected chi connectivity index (χ1v) is 4.56. The van der Waals surface area contributed by atoms with Crippen molar-refractivity contribution in [3.8, 4) is 0 Å². The van der Waals surface area contributed by atoms with E-state index in [1.807, 2.05) is 0 Å². The van der Waals surface area contributed by atoms with Gasteiger partial charge in [-0.2, -0.15) is 0 Å². The van der Waals surface area contributed by atoms with Crippen molar-refractivity contribution in [1.82, 2.24) is 9.88 Å². The van der Waals surface area contributed by atoms with Gasteiger partial charge in [-0.15, -0.1) is 0 Å². The van der Waals surface area contributed by atoms with Crippen LogP contribution in [0.4, 0.5) is 5.69 Å². The van der Waals surface area contributed by atoms with Crippen LogP contribution >= 0.6 is 0 Å². The first-order valence-electron chi connectivity index (χ1n) is 4.56. The summed E-state index contributed by atoms with van der Waals surface area (Å²) in [5.41, 5.74) is 0.157. The van der Waals surface area contributed by atoms with E-state index in [0.29, 0.717) is 18.7 Å². The lowest BCUT2D eigenvalue weighted by Crippen LogP contribution is -2.25. The third kappa shape index (κ3) is 2.63. The molecule has 1 rings (SSSR count). The molecule has 1 aromatic heterocycles. The highest BCUT2D eigenvalue weighted by atomic mass is 16.6. The van der Waals surface area contributed by atoms with Crippen molar-refractivity contribution in [2.75, 3.05) is 13.6 Å². The average molecular weight is 211 g/mol. The van der Waals surface area contributed by atoms with Gasteiger partial charge in [0.1, 0.15) is 0 Å². The van der Waals surface area contributed by atoms with Crippen molar-refractivity contribution in [1.29, 1.82) is 0 Å². The van der Waals surface area contributed by atoms with Crippen LogP contribution in [0.2, 0.25) is 0 Å². The van der Waals surface area contributed by atoms with Crippen molar-refractivity contribution in [3.63, 3.8) is 0 Å². The number of aryl methyl sites for hydroxylation is 1. The summed E-state index contributed by atoms with van der Waals surface area (Å²) < 4.78 is 1.33. The van der Waals surface area contributed by atoms with Gasteiger partial charge in [0.25, 0.3) is 11.2 Å². The Kier molecular flexibility index (Phi) is 3.56. The predicted octanol–water partition coefficient (Wildman–Crippen LogP) is 0.284. The Bertz CT molecular complexity index is 425. The number of hydrogen-bond acceptors (Lipinski definition) is 4. The van der Waals surface area contributed by atoms with Crippen molar-refractivity contribution >= 4 is 5.69 Å². The molecule has 15 heavy (non-hydrogen) atoms. The van der Waals surface area contributed by atoms with Crippen LogP contribution in [0.25, 0.3) is 0 Å². The van der Waals surface area contributed by atoms with Gasteiger partial charge in [0.05, 0.1) is 11.1 Å². The largest absolute Gasteiger partial charge is 0.318 e. The average Bonchev–Trinajstić information content (AvgIpc) is 2.16. The van der Waals surface area contributed by atoms with Gasteiger partial charge in [-0.1, -0.05) is 0 Å². The van der Waals surface area contributed by atoms with Crippen LogP contribution < -0.4 is 10.9 Å². The summed E-state index contributed by atoms with van der Waals surface area (Å²) in [6.07, 6.45) is 1.29. The fraction of sp³-hybridized carbons (Fsp3) is 0.444. The molecule has 0 spiro atoms. The van der Waals surface area contributed by atoms with E-state index in [-0.39, 0.29) is 11.2 Å². The van der Waals surface area contributed by atoms with E-state index in [1.165, 1.54) is 16.8 Å². The minimum atomic E-state index is -0.482. The second-order valence-electron chi connectivity index (χ2n) is 3.23. The van der Waals surface area contributed by atoms with Crippen LogP contribution in [0.3, 0.4) is 0 Å². The number of nitrogens with one attached hydrogen (secondary N) is 1. The molecule has 0 saturated carbocycles. The van der Waals surface area contributed by atoms with Crippen LogP contribution in [0, 0.1) is 17.0 Å². The van der Waals surface area contributed by atoms with Gasteiger partial charge in [-0.25, -0.2) is 0 Å². The van der Waals surface area contributed by atoms with Gasteiger partial charge < -0.3 is 9.88 Å². The monoisotopic (exact) mass is 211 g/mol. The van der Waals surface area contributed by atoms with Gasteiger partial charge in [0, 0.05) is 24.7 Å². The van der Waals surface area contributed by atoms with Crippen LogP contribution in [-0.2, 0) is 6.54 Å². The molecule has 1 aromatic rings. The molecule has 0 atom stereocenters. The Labute approximate surface area is 86.7 Å². The molecule has 0 aromatic carbocycles. The topological polar surface area (TPSA) is 77.2 Å². The fourth-order valence-electron chi connectivity index (χ4n) is 1.25. The number of rotatable bonds is 4. The van der Waals surface area contributed by atoms with Gasteiger partial charge in [-0.05, 0) is 14.0 Å². The molecule has 0 amide bonds. The highest BCUT2D eigenvalue weighted by Gasteiger charge is 2.12. The van der Waals surface area contributed by atoms with E-state index in [0.717, 1.165) is 0 Å². The second-order valence-corrected chi connectivity index (χ2v) is 3.23. The molecule has 0 fully saturated rings. The smallest absolute Gasteiger partial charge is 0.288 e. The number of aromatic nitrogens is 1. The van der Waals surface area contributed by atoms with Crippen molar-refractivity contribution in [3.05, 3.63) is 38.3 Å². The number of likely N-dealkylation sites (N-methyl/N-ethyl adjacent to an activating group) is 1. The van der Waals surface area contributed by atoms with Crippen LogP contribution in [0.1, 0.15) is 5.56 Å².